The molecule has 0 amide bonds. The highest BCUT2D eigenvalue weighted by atomic mass is 16.7. The zero-order chi connectivity index (χ0) is 42.2. The molecule has 4 bridgehead atoms. The SMILES string of the molecule is COc1ccc2c3c1O[C@H]1C(OC)(OC)C(C4C=C5[C@H]6Cc7ccc(OC)c8c7[C@@]5(CCN6Cc5ccccc5)[C@@H](O8)C4(OC)OC)C=C4[C@@H](C2)N(Cc2ccccc2)CC[C@]431. The lowest BCUT2D eigenvalue weighted by Gasteiger charge is -2.63. The van der Waals surface area contributed by atoms with Crippen molar-refractivity contribution >= 4 is 0 Å². The van der Waals surface area contributed by atoms with Crippen molar-refractivity contribution in [3.05, 3.63) is 142 Å². The average Bonchev–Trinajstić information content (AvgIpc) is 3.85. The van der Waals surface area contributed by atoms with E-state index in [-0.39, 0.29) is 12.1 Å². The van der Waals surface area contributed by atoms with Crippen molar-refractivity contribution in [1.82, 2.24) is 9.80 Å². The van der Waals surface area contributed by atoms with Crippen LogP contribution < -0.4 is 18.9 Å². The van der Waals surface area contributed by atoms with E-state index in [1.807, 2.05) is 0 Å². The Balaban J connectivity index is 1.08. The highest BCUT2D eigenvalue weighted by molar-refractivity contribution is 5.69. The standard InChI is InChI=1S/C52H56N2O8/c1-55-41-19-17-33-25-39-37-27-35(51(57-3,58-4)47-49(37,43(33)45(41)61-47)21-23-53(39)29-31-13-9-7-10-14-31)36-28-38-40-26-34-18-20-42(56-2)46-44(34)50(38,48(62-46)52(36,59-5)60-6)22-24-54(40)30-32-15-11-8-12-16-32/h7-20,27-28,35-36,39-40,47-48H,21-26,29-30H2,1-6H3/t35?,36?,39-,40-,47-,48-,49+,50+/m1/s1. The van der Waals surface area contributed by atoms with Crippen LogP contribution in [0, 0.1) is 11.8 Å². The highest BCUT2D eigenvalue weighted by Crippen LogP contribution is 2.70. The Morgan fingerprint density at radius 3 is 1.31 bits per heavy atom. The van der Waals surface area contributed by atoms with Crippen LogP contribution in [0.1, 0.15) is 46.2 Å². The molecule has 12 rings (SSSR count). The van der Waals surface area contributed by atoms with E-state index >= 15 is 0 Å². The second kappa shape index (κ2) is 13.9. The summed E-state index contributed by atoms with van der Waals surface area (Å²) < 4.78 is 54.7. The second-order valence-electron chi connectivity index (χ2n) is 18.6. The summed E-state index contributed by atoms with van der Waals surface area (Å²) in [7, 11) is 10.6. The number of hydrogen-bond donors (Lipinski definition) is 0. The van der Waals surface area contributed by atoms with Crippen LogP contribution in [0.4, 0.5) is 0 Å². The van der Waals surface area contributed by atoms with Gasteiger partial charge in [-0.05, 0) is 71.2 Å². The van der Waals surface area contributed by atoms with Gasteiger partial charge in [-0.25, -0.2) is 0 Å². The lowest BCUT2D eigenvalue weighted by atomic mass is 9.49. The van der Waals surface area contributed by atoms with E-state index < -0.39 is 46.4 Å². The van der Waals surface area contributed by atoms with Crippen LogP contribution >= 0.6 is 0 Å². The monoisotopic (exact) mass is 836 g/mol. The molecule has 4 aromatic carbocycles. The lowest BCUT2D eigenvalue weighted by Crippen LogP contribution is -2.74. The van der Waals surface area contributed by atoms with Gasteiger partial charge in [-0.2, -0.15) is 0 Å². The van der Waals surface area contributed by atoms with E-state index in [9.17, 15) is 0 Å². The fraction of sp³-hybridized carbons (Fsp3) is 0.462. The maximum Gasteiger partial charge on any atom is 0.213 e. The molecule has 0 saturated carbocycles. The number of methoxy groups -OCH3 is 6. The van der Waals surface area contributed by atoms with Gasteiger partial charge in [-0.15, -0.1) is 0 Å². The first-order valence-corrected chi connectivity index (χ1v) is 22.3. The molecular formula is C52H56N2O8. The van der Waals surface area contributed by atoms with Gasteiger partial charge in [0.1, 0.15) is 0 Å². The van der Waals surface area contributed by atoms with Gasteiger partial charge in [-0.1, -0.05) is 84.9 Å². The zero-order valence-electron chi connectivity index (χ0n) is 36.5. The Bertz CT molecular complexity index is 2330. The number of ether oxygens (including phenoxy) is 8. The van der Waals surface area contributed by atoms with Gasteiger partial charge >= 0.3 is 0 Å². The van der Waals surface area contributed by atoms with Crippen molar-refractivity contribution in [2.75, 3.05) is 55.7 Å². The number of rotatable bonds is 11. The minimum atomic E-state index is -1.27. The molecule has 4 heterocycles. The number of benzene rings is 4. The van der Waals surface area contributed by atoms with Crippen molar-refractivity contribution in [3.63, 3.8) is 0 Å². The first-order chi connectivity index (χ1) is 30.3. The largest absolute Gasteiger partial charge is 0.493 e. The van der Waals surface area contributed by atoms with Crippen LogP contribution in [0.2, 0.25) is 0 Å². The second-order valence-corrected chi connectivity index (χ2v) is 18.6. The van der Waals surface area contributed by atoms with Crippen molar-refractivity contribution < 1.29 is 37.9 Å². The Kier molecular flexibility index (Phi) is 8.74. The normalized spacial score (nSPS) is 32.4. The highest BCUT2D eigenvalue weighted by Gasteiger charge is 2.76. The van der Waals surface area contributed by atoms with E-state index in [0.29, 0.717) is 0 Å². The first-order valence-electron chi connectivity index (χ1n) is 22.3. The summed E-state index contributed by atoms with van der Waals surface area (Å²) >= 11 is 0. The molecule has 2 fully saturated rings. The maximum atomic E-state index is 7.40. The van der Waals surface area contributed by atoms with Crippen LogP contribution in [0.15, 0.2) is 108 Å². The third-order valence-corrected chi connectivity index (χ3v) is 16.7. The van der Waals surface area contributed by atoms with E-state index in [1.54, 1.807) is 42.7 Å². The molecular weight excluding hydrogens is 781 g/mol. The van der Waals surface area contributed by atoms with Gasteiger partial charge in [0.15, 0.2) is 35.2 Å². The van der Waals surface area contributed by atoms with E-state index in [4.69, 9.17) is 37.9 Å². The molecule has 4 aliphatic carbocycles. The fourth-order valence-electron chi connectivity index (χ4n) is 14.2. The molecule has 2 unspecified atom stereocenters. The van der Waals surface area contributed by atoms with Crippen molar-refractivity contribution in [2.24, 2.45) is 11.8 Å². The molecule has 0 N–H and O–H groups in total. The van der Waals surface area contributed by atoms with Crippen molar-refractivity contribution in [2.45, 2.75) is 85.5 Å². The molecule has 2 spiro atoms. The summed E-state index contributed by atoms with van der Waals surface area (Å²) in [6.45, 7) is 3.49. The van der Waals surface area contributed by atoms with E-state index in [2.05, 4.69) is 107 Å². The quantitative estimate of drug-likeness (QED) is 0.115. The molecule has 10 heteroatoms. The summed E-state index contributed by atoms with van der Waals surface area (Å²) in [5.41, 5.74) is 9.35. The summed E-state index contributed by atoms with van der Waals surface area (Å²) in [5.74, 6) is -0.355. The van der Waals surface area contributed by atoms with Crippen LogP contribution in [0.25, 0.3) is 0 Å². The molecule has 10 nitrogen and oxygen atoms in total. The summed E-state index contributed by atoms with van der Waals surface area (Å²) in [6.07, 6.45) is 7.35. The van der Waals surface area contributed by atoms with Gasteiger partial charge in [0, 0.05) is 89.7 Å². The van der Waals surface area contributed by atoms with Crippen LogP contribution in [-0.4, -0.2) is 101 Å². The van der Waals surface area contributed by atoms with Crippen molar-refractivity contribution in [1.29, 1.82) is 0 Å². The predicted octanol–water partition coefficient (Wildman–Crippen LogP) is 7.15. The topological polar surface area (TPSA) is 80.3 Å². The molecule has 0 radical (unpaired) electrons. The Labute approximate surface area is 364 Å². The lowest BCUT2D eigenvalue weighted by molar-refractivity contribution is -0.337. The Morgan fingerprint density at radius 1 is 0.532 bits per heavy atom. The van der Waals surface area contributed by atoms with Crippen LogP contribution in [0.5, 0.6) is 23.0 Å². The van der Waals surface area contributed by atoms with E-state index in [1.165, 1.54) is 44.5 Å². The Morgan fingerprint density at radius 2 is 0.935 bits per heavy atom. The van der Waals surface area contributed by atoms with Gasteiger partial charge in [0.2, 0.25) is 11.6 Å². The minimum absolute atomic E-state index is 0.118. The molecule has 8 aliphatic rings. The number of hydrogen-bond acceptors (Lipinski definition) is 10. The minimum Gasteiger partial charge on any atom is -0.493 e. The molecule has 4 aliphatic heterocycles. The zero-order valence-corrected chi connectivity index (χ0v) is 36.5. The maximum absolute atomic E-state index is 7.40. The van der Waals surface area contributed by atoms with Gasteiger partial charge in [0.25, 0.3) is 0 Å². The van der Waals surface area contributed by atoms with E-state index in [0.717, 1.165) is 74.9 Å². The van der Waals surface area contributed by atoms with Crippen LogP contribution in [0.3, 0.4) is 0 Å². The third-order valence-electron chi connectivity index (χ3n) is 16.7. The smallest absolute Gasteiger partial charge is 0.213 e. The summed E-state index contributed by atoms with van der Waals surface area (Å²) in [4.78, 5) is 5.34. The Hall–Kier alpha value is -4.68. The molecule has 8 atom stereocenters. The summed E-state index contributed by atoms with van der Waals surface area (Å²) in [6, 6.07) is 30.6. The van der Waals surface area contributed by atoms with Gasteiger partial charge < -0.3 is 37.9 Å². The van der Waals surface area contributed by atoms with Gasteiger partial charge in [-0.3, -0.25) is 9.80 Å². The molecule has 0 aromatic heterocycles. The molecule has 62 heavy (non-hydrogen) atoms. The molecule has 2 saturated heterocycles. The molecule has 322 valence electrons. The number of piperidine rings is 2. The predicted molar refractivity (Wildman–Crippen MR) is 233 cm³/mol. The van der Waals surface area contributed by atoms with Crippen molar-refractivity contribution in [3.8, 4) is 23.0 Å². The number of likely N-dealkylation sites (tertiary alicyclic amines) is 2. The summed E-state index contributed by atoms with van der Waals surface area (Å²) in [5, 5.41) is 0. The number of nitrogens with zero attached hydrogens (tertiary/aromatic N) is 2. The van der Waals surface area contributed by atoms with Gasteiger partial charge in [0.05, 0.1) is 25.0 Å². The average molecular weight is 837 g/mol. The molecule has 4 aromatic rings. The first kappa shape index (κ1) is 39.0. The van der Waals surface area contributed by atoms with Crippen LogP contribution in [-0.2, 0) is 55.7 Å². The third kappa shape index (κ3) is 4.75. The fourth-order valence-corrected chi connectivity index (χ4v) is 14.2.